The molecular weight excluding hydrogens is 204 g/mol. The minimum Gasteiger partial charge on any atom is -0.275 e. The minimum atomic E-state index is -0.591. The van der Waals surface area contributed by atoms with Crippen molar-refractivity contribution in [3.05, 3.63) is 29.8 Å². The van der Waals surface area contributed by atoms with Crippen LogP contribution in [0.1, 0.15) is 16.1 Å². The van der Waals surface area contributed by atoms with Crippen LogP contribution in [0.5, 0.6) is 0 Å². The summed E-state index contributed by atoms with van der Waals surface area (Å²) in [6.45, 7) is 0. The van der Waals surface area contributed by atoms with E-state index in [1.54, 1.807) is 0 Å². The second-order valence-corrected chi connectivity index (χ2v) is 2.89. The summed E-state index contributed by atoms with van der Waals surface area (Å²) in [5.41, 5.74) is 1.00. The van der Waals surface area contributed by atoms with Gasteiger partial charge < -0.3 is 0 Å². The quantitative estimate of drug-likeness (QED) is 0.652. The zero-order valence-electron chi connectivity index (χ0n) is 6.81. The van der Waals surface area contributed by atoms with Crippen molar-refractivity contribution in [3.8, 4) is 6.07 Å². The normalized spacial score (nSPS) is 10.0. The zero-order valence-corrected chi connectivity index (χ0v) is 7.56. The molecule has 0 N–H and O–H groups in total. The molecule has 0 fully saturated rings. The Labute approximate surface area is 83.5 Å². The maximum Gasteiger partial charge on any atom is 0.256 e. The Bertz CT molecular complexity index is 554. The van der Waals surface area contributed by atoms with E-state index in [4.69, 9.17) is 16.9 Å². The maximum absolute atomic E-state index is 10.9. The standard InChI is InChI=1S/C8H3ClN4O/c9-8(14)6-2-12-13-4-5(1-10)11-3-7(6)13/h2-4H. The van der Waals surface area contributed by atoms with Crippen LogP contribution in [-0.4, -0.2) is 19.8 Å². The lowest BCUT2D eigenvalue weighted by Gasteiger charge is -1.93. The van der Waals surface area contributed by atoms with E-state index >= 15 is 0 Å². The van der Waals surface area contributed by atoms with Crippen LogP contribution in [0, 0.1) is 11.3 Å². The lowest BCUT2D eigenvalue weighted by Crippen LogP contribution is -1.93. The highest BCUT2D eigenvalue weighted by molar-refractivity contribution is 6.68. The first-order chi connectivity index (χ1) is 6.72. The Morgan fingerprint density at radius 2 is 2.36 bits per heavy atom. The van der Waals surface area contributed by atoms with Gasteiger partial charge in [0.15, 0.2) is 5.69 Å². The highest BCUT2D eigenvalue weighted by Gasteiger charge is 2.10. The van der Waals surface area contributed by atoms with Crippen LogP contribution in [0.3, 0.4) is 0 Å². The highest BCUT2D eigenvalue weighted by atomic mass is 35.5. The summed E-state index contributed by atoms with van der Waals surface area (Å²) in [6.07, 6.45) is 4.16. The maximum atomic E-state index is 10.9. The fraction of sp³-hybridized carbons (Fsp3) is 0. The van der Waals surface area contributed by atoms with Crippen LogP contribution in [0.25, 0.3) is 5.52 Å². The van der Waals surface area contributed by atoms with Gasteiger partial charge in [0, 0.05) is 0 Å². The number of hydrogen-bond donors (Lipinski definition) is 0. The van der Waals surface area contributed by atoms with Gasteiger partial charge in [-0.1, -0.05) is 0 Å². The Kier molecular flexibility index (Phi) is 1.91. The van der Waals surface area contributed by atoms with Gasteiger partial charge in [0.05, 0.1) is 29.7 Å². The Hall–Kier alpha value is -1.93. The summed E-state index contributed by atoms with van der Waals surface area (Å²) in [5.74, 6) is 0. The molecular formula is C8H3ClN4O. The first kappa shape index (κ1) is 8.66. The van der Waals surface area contributed by atoms with Crippen molar-refractivity contribution < 1.29 is 4.79 Å². The molecule has 2 rings (SSSR count). The van der Waals surface area contributed by atoms with Gasteiger partial charge in [-0.15, -0.1) is 0 Å². The van der Waals surface area contributed by atoms with Crippen LogP contribution in [-0.2, 0) is 0 Å². The fourth-order valence-corrected chi connectivity index (χ4v) is 1.24. The first-order valence-electron chi connectivity index (χ1n) is 3.65. The van der Waals surface area contributed by atoms with Gasteiger partial charge in [0.1, 0.15) is 6.07 Å². The Morgan fingerprint density at radius 1 is 1.57 bits per heavy atom. The molecule has 5 nitrogen and oxygen atoms in total. The first-order valence-corrected chi connectivity index (χ1v) is 4.03. The predicted molar refractivity (Wildman–Crippen MR) is 47.9 cm³/mol. The number of halogens is 1. The number of fused-ring (bicyclic) bond motifs is 1. The molecule has 0 aliphatic rings. The Balaban J connectivity index is 2.73. The summed E-state index contributed by atoms with van der Waals surface area (Å²) in [7, 11) is 0. The molecule has 0 saturated carbocycles. The smallest absolute Gasteiger partial charge is 0.256 e. The molecule has 2 aromatic heterocycles. The van der Waals surface area contributed by atoms with Gasteiger partial charge >= 0.3 is 0 Å². The number of nitriles is 1. The van der Waals surface area contributed by atoms with Crippen molar-refractivity contribution in [2.75, 3.05) is 0 Å². The topological polar surface area (TPSA) is 71.1 Å². The van der Waals surface area contributed by atoms with Crippen molar-refractivity contribution in [3.63, 3.8) is 0 Å². The number of carbonyl (C=O) groups excluding carboxylic acids is 1. The van der Waals surface area contributed by atoms with Crippen LogP contribution < -0.4 is 0 Å². The van der Waals surface area contributed by atoms with E-state index in [0.29, 0.717) is 5.52 Å². The molecule has 0 unspecified atom stereocenters. The molecule has 0 aliphatic heterocycles. The molecule has 0 aromatic carbocycles. The van der Waals surface area contributed by atoms with E-state index in [2.05, 4.69) is 10.1 Å². The second kappa shape index (κ2) is 3.09. The molecule has 2 heterocycles. The summed E-state index contributed by atoms with van der Waals surface area (Å²) < 4.78 is 1.39. The summed E-state index contributed by atoms with van der Waals surface area (Å²) >= 11 is 5.31. The third-order valence-electron chi connectivity index (χ3n) is 1.73. The average Bonchev–Trinajstić information content (AvgIpc) is 2.59. The third-order valence-corrected chi connectivity index (χ3v) is 1.93. The molecule has 2 aromatic rings. The predicted octanol–water partition coefficient (Wildman–Crippen LogP) is 0.980. The monoisotopic (exact) mass is 206 g/mol. The van der Waals surface area contributed by atoms with Gasteiger partial charge in [0.25, 0.3) is 5.24 Å². The van der Waals surface area contributed by atoms with Crippen LogP contribution in [0.2, 0.25) is 0 Å². The van der Waals surface area contributed by atoms with Crippen molar-refractivity contribution in [1.82, 2.24) is 14.6 Å². The van der Waals surface area contributed by atoms with Crippen LogP contribution in [0.4, 0.5) is 0 Å². The lowest BCUT2D eigenvalue weighted by molar-refractivity contribution is 0.108. The summed E-state index contributed by atoms with van der Waals surface area (Å²) in [6, 6.07) is 1.87. The fourth-order valence-electron chi connectivity index (χ4n) is 1.09. The van der Waals surface area contributed by atoms with Crippen molar-refractivity contribution >= 4 is 22.4 Å². The molecule has 0 amide bonds. The second-order valence-electron chi connectivity index (χ2n) is 2.55. The van der Waals surface area contributed by atoms with Crippen molar-refractivity contribution in [2.45, 2.75) is 0 Å². The zero-order chi connectivity index (χ0) is 10.1. The summed E-state index contributed by atoms with van der Waals surface area (Å²) in [5, 5.41) is 11.8. The number of nitrogens with zero attached hydrogens (tertiary/aromatic N) is 4. The third kappa shape index (κ3) is 1.22. The molecule has 0 radical (unpaired) electrons. The number of carbonyl (C=O) groups is 1. The number of aromatic nitrogens is 3. The van der Waals surface area contributed by atoms with E-state index in [0.717, 1.165) is 0 Å². The van der Waals surface area contributed by atoms with E-state index in [9.17, 15) is 4.79 Å². The molecule has 68 valence electrons. The van der Waals surface area contributed by atoms with Crippen LogP contribution >= 0.6 is 11.6 Å². The lowest BCUT2D eigenvalue weighted by atomic mass is 10.3. The molecule has 0 aliphatic carbocycles. The summed E-state index contributed by atoms with van der Waals surface area (Å²) in [4.78, 5) is 14.7. The minimum absolute atomic E-state index is 0.231. The van der Waals surface area contributed by atoms with Gasteiger partial charge in [-0.05, 0) is 11.6 Å². The molecule has 0 bridgehead atoms. The van der Waals surface area contributed by atoms with E-state index in [1.165, 1.54) is 23.1 Å². The van der Waals surface area contributed by atoms with Gasteiger partial charge in [-0.25, -0.2) is 9.50 Å². The van der Waals surface area contributed by atoms with E-state index in [1.807, 2.05) is 6.07 Å². The van der Waals surface area contributed by atoms with Gasteiger partial charge in [-0.3, -0.25) is 4.79 Å². The molecule has 0 saturated heterocycles. The largest absolute Gasteiger partial charge is 0.275 e. The SMILES string of the molecule is N#Cc1cn2ncc(C(=O)Cl)c2cn1. The van der Waals surface area contributed by atoms with Crippen LogP contribution in [0.15, 0.2) is 18.6 Å². The van der Waals surface area contributed by atoms with E-state index < -0.39 is 5.24 Å². The molecule has 0 spiro atoms. The Morgan fingerprint density at radius 3 is 3.00 bits per heavy atom. The molecule has 0 atom stereocenters. The van der Waals surface area contributed by atoms with Gasteiger partial charge in [0.2, 0.25) is 0 Å². The molecule has 14 heavy (non-hydrogen) atoms. The van der Waals surface area contributed by atoms with E-state index in [-0.39, 0.29) is 11.3 Å². The molecule has 6 heteroatoms. The highest BCUT2D eigenvalue weighted by Crippen LogP contribution is 2.11. The average molecular weight is 207 g/mol. The number of hydrogen-bond acceptors (Lipinski definition) is 4. The van der Waals surface area contributed by atoms with Gasteiger partial charge in [-0.2, -0.15) is 10.4 Å². The van der Waals surface area contributed by atoms with Crippen molar-refractivity contribution in [2.24, 2.45) is 0 Å². The number of rotatable bonds is 1. The van der Waals surface area contributed by atoms with Crippen molar-refractivity contribution in [1.29, 1.82) is 5.26 Å².